The van der Waals surface area contributed by atoms with Crippen molar-refractivity contribution >= 4 is 46.1 Å². The summed E-state index contributed by atoms with van der Waals surface area (Å²) in [5, 5.41) is 9.64. The van der Waals surface area contributed by atoms with E-state index in [1.54, 1.807) is 24.6 Å². The van der Waals surface area contributed by atoms with Crippen LogP contribution in [0.5, 0.6) is 0 Å². The lowest BCUT2D eigenvalue weighted by atomic mass is 10.0. The number of hydrogen-bond donors (Lipinski definition) is 0. The van der Waals surface area contributed by atoms with E-state index < -0.39 is 0 Å². The van der Waals surface area contributed by atoms with Crippen LogP contribution >= 0.6 is 24.0 Å². The zero-order valence-corrected chi connectivity index (χ0v) is 18.8. The number of likely N-dealkylation sites (N-methyl/N-ethyl adjacent to an activating group) is 2. The van der Waals surface area contributed by atoms with Gasteiger partial charge in [-0.3, -0.25) is 19.1 Å². The average molecular weight is 432 g/mol. The van der Waals surface area contributed by atoms with Gasteiger partial charge in [-0.25, -0.2) is 0 Å². The molecule has 0 aromatic carbocycles. The van der Waals surface area contributed by atoms with Gasteiger partial charge in [0.25, 0.3) is 11.5 Å². The van der Waals surface area contributed by atoms with E-state index in [1.165, 1.54) is 16.7 Å². The highest BCUT2D eigenvalue weighted by Crippen LogP contribution is 2.35. The van der Waals surface area contributed by atoms with Gasteiger partial charge >= 0.3 is 0 Å². The Kier molecular flexibility index (Phi) is 6.46. The first-order valence-electron chi connectivity index (χ1n) is 9.62. The third-order valence-electron chi connectivity index (χ3n) is 5.36. The minimum atomic E-state index is -0.263. The maximum absolute atomic E-state index is 13.1. The van der Waals surface area contributed by atoms with Gasteiger partial charge < -0.3 is 9.80 Å². The predicted octanol–water partition coefficient (Wildman–Crippen LogP) is 2.02. The number of nitrogens with zero attached hydrogens (tertiary/aromatic N) is 5. The molecule has 2 aliphatic heterocycles. The first-order chi connectivity index (χ1) is 13.8. The van der Waals surface area contributed by atoms with Crippen molar-refractivity contribution in [2.45, 2.75) is 26.8 Å². The molecular weight excluding hydrogens is 406 g/mol. The zero-order valence-electron chi connectivity index (χ0n) is 17.2. The summed E-state index contributed by atoms with van der Waals surface area (Å²) in [6, 6.07) is 2.08. The lowest BCUT2D eigenvalue weighted by Crippen LogP contribution is -2.47. The molecule has 1 amide bonds. The SMILES string of the molecule is CCCn1c(N2CCN(C)CC2)c(C=C2SC(=S)N(C)C2=O)c(C)c(C#N)c1=O. The Morgan fingerprint density at radius 1 is 1.21 bits per heavy atom. The Balaban J connectivity index is 2.26. The second-order valence-corrected chi connectivity index (χ2v) is 9.01. The Morgan fingerprint density at radius 3 is 2.38 bits per heavy atom. The number of thiocarbonyl (C=S) groups is 1. The van der Waals surface area contributed by atoms with Crippen molar-refractivity contribution in [2.75, 3.05) is 45.2 Å². The van der Waals surface area contributed by atoms with Gasteiger partial charge in [-0.2, -0.15) is 5.26 Å². The second-order valence-electron chi connectivity index (χ2n) is 7.34. The lowest BCUT2D eigenvalue weighted by Gasteiger charge is -2.36. The number of carbonyl (C=O) groups excluding carboxylic acids is 1. The fourth-order valence-electron chi connectivity index (χ4n) is 3.61. The molecule has 0 aliphatic carbocycles. The molecule has 2 saturated heterocycles. The number of amides is 1. The molecule has 1 aromatic rings. The summed E-state index contributed by atoms with van der Waals surface area (Å²) in [6.07, 6.45) is 2.57. The van der Waals surface area contributed by atoms with Crippen molar-refractivity contribution in [1.82, 2.24) is 14.4 Å². The van der Waals surface area contributed by atoms with Crippen molar-refractivity contribution in [3.63, 3.8) is 0 Å². The van der Waals surface area contributed by atoms with E-state index in [0.29, 0.717) is 21.3 Å². The second kappa shape index (κ2) is 8.69. The van der Waals surface area contributed by atoms with Gasteiger partial charge in [0, 0.05) is 45.3 Å². The van der Waals surface area contributed by atoms with Crippen LogP contribution in [-0.4, -0.2) is 64.9 Å². The molecule has 0 atom stereocenters. The van der Waals surface area contributed by atoms with Crippen LogP contribution in [0.3, 0.4) is 0 Å². The molecule has 0 unspecified atom stereocenters. The van der Waals surface area contributed by atoms with Crippen LogP contribution in [0.15, 0.2) is 9.70 Å². The molecule has 2 aliphatic rings. The summed E-state index contributed by atoms with van der Waals surface area (Å²) in [7, 11) is 3.74. The number of anilines is 1. The summed E-state index contributed by atoms with van der Waals surface area (Å²) in [4.78, 5) is 32.1. The molecule has 0 bridgehead atoms. The Hall–Kier alpha value is -2.15. The Morgan fingerprint density at radius 2 is 1.86 bits per heavy atom. The maximum atomic E-state index is 13.1. The van der Waals surface area contributed by atoms with Crippen LogP contribution in [-0.2, 0) is 11.3 Å². The van der Waals surface area contributed by atoms with Crippen LogP contribution in [0.2, 0.25) is 0 Å². The number of pyridine rings is 1. The molecule has 1 aromatic heterocycles. The van der Waals surface area contributed by atoms with E-state index in [0.717, 1.165) is 44.0 Å². The number of aromatic nitrogens is 1. The molecule has 9 heteroatoms. The van der Waals surface area contributed by atoms with Gasteiger partial charge in [-0.15, -0.1) is 0 Å². The smallest absolute Gasteiger partial charge is 0.270 e. The molecule has 154 valence electrons. The summed E-state index contributed by atoms with van der Waals surface area (Å²) < 4.78 is 2.21. The van der Waals surface area contributed by atoms with Gasteiger partial charge in [0.1, 0.15) is 21.8 Å². The topological polar surface area (TPSA) is 72.6 Å². The zero-order chi connectivity index (χ0) is 21.3. The van der Waals surface area contributed by atoms with Gasteiger partial charge in [-0.1, -0.05) is 30.9 Å². The average Bonchev–Trinajstić information content (AvgIpc) is 2.94. The van der Waals surface area contributed by atoms with E-state index in [2.05, 4.69) is 22.9 Å². The monoisotopic (exact) mass is 431 g/mol. The minimum Gasteiger partial charge on any atom is -0.355 e. The number of piperazine rings is 1. The summed E-state index contributed by atoms with van der Waals surface area (Å²) in [6.45, 7) is 7.64. The molecule has 0 N–H and O–H groups in total. The molecular formula is C20H25N5O2S2. The van der Waals surface area contributed by atoms with Gasteiger partial charge in [-0.05, 0) is 32.0 Å². The van der Waals surface area contributed by atoms with Crippen molar-refractivity contribution in [2.24, 2.45) is 0 Å². The molecule has 0 spiro atoms. The quantitative estimate of drug-likeness (QED) is 0.533. The molecule has 3 heterocycles. The third-order valence-corrected chi connectivity index (χ3v) is 6.84. The molecule has 3 rings (SSSR count). The van der Waals surface area contributed by atoms with Gasteiger partial charge in [0.15, 0.2) is 0 Å². The summed E-state index contributed by atoms with van der Waals surface area (Å²) in [5.74, 6) is 0.637. The molecule has 0 saturated carbocycles. The highest BCUT2D eigenvalue weighted by atomic mass is 32.2. The van der Waals surface area contributed by atoms with Crippen molar-refractivity contribution < 1.29 is 4.79 Å². The largest absolute Gasteiger partial charge is 0.355 e. The fourth-order valence-corrected chi connectivity index (χ4v) is 4.77. The van der Waals surface area contributed by atoms with E-state index in [9.17, 15) is 14.9 Å². The molecule has 2 fully saturated rings. The van der Waals surface area contributed by atoms with Crippen LogP contribution in [0.25, 0.3) is 6.08 Å². The van der Waals surface area contributed by atoms with Crippen LogP contribution in [0.1, 0.15) is 30.0 Å². The van der Waals surface area contributed by atoms with Gasteiger partial charge in [0.05, 0.1) is 4.91 Å². The number of thioether (sulfide) groups is 1. The first kappa shape index (κ1) is 21.6. The lowest BCUT2D eigenvalue weighted by molar-refractivity contribution is -0.121. The summed E-state index contributed by atoms with van der Waals surface area (Å²) in [5.41, 5.74) is 1.24. The van der Waals surface area contributed by atoms with Crippen LogP contribution in [0, 0.1) is 18.3 Å². The van der Waals surface area contributed by atoms with E-state index in [4.69, 9.17) is 12.2 Å². The van der Waals surface area contributed by atoms with E-state index in [-0.39, 0.29) is 17.0 Å². The number of hydrogen-bond acceptors (Lipinski definition) is 7. The van der Waals surface area contributed by atoms with Crippen molar-refractivity contribution in [3.05, 3.63) is 31.9 Å². The standard InChI is InChI=1S/C20H25N5O2S2/c1-5-6-25-17(24-9-7-22(3)8-10-24)14(13(2)15(12-21)18(25)26)11-16-19(27)23(4)20(28)29-16/h11H,5-10H2,1-4H3. The Labute approximate surface area is 180 Å². The molecule has 7 nitrogen and oxygen atoms in total. The normalized spacial score (nSPS) is 19.3. The number of rotatable bonds is 4. The fraction of sp³-hybridized carbons (Fsp3) is 0.500. The van der Waals surface area contributed by atoms with Crippen LogP contribution in [0.4, 0.5) is 5.82 Å². The Bertz CT molecular complexity index is 984. The first-order valence-corrected chi connectivity index (χ1v) is 10.8. The number of carbonyl (C=O) groups is 1. The van der Waals surface area contributed by atoms with E-state index in [1.807, 2.05) is 6.92 Å². The van der Waals surface area contributed by atoms with Crippen molar-refractivity contribution in [1.29, 1.82) is 5.26 Å². The third kappa shape index (κ3) is 3.97. The van der Waals surface area contributed by atoms with Crippen LogP contribution < -0.4 is 10.5 Å². The van der Waals surface area contributed by atoms with E-state index >= 15 is 0 Å². The molecule has 0 radical (unpaired) electrons. The van der Waals surface area contributed by atoms with Gasteiger partial charge in [0.2, 0.25) is 0 Å². The van der Waals surface area contributed by atoms with Crippen molar-refractivity contribution in [3.8, 4) is 6.07 Å². The predicted molar refractivity (Wildman–Crippen MR) is 121 cm³/mol. The summed E-state index contributed by atoms with van der Waals surface area (Å²) >= 11 is 6.51. The maximum Gasteiger partial charge on any atom is 0.270 e. The number of nitriles is 1. The highest BCUT2D eigenvalue weighted by Gasteiger charge is 2.31. The highest BCUT2D eigenvalue weighted by molar-refractivity contribution is 8.26. The minimum absolute atomic E-state index is 0.134. The molecule has 29 heavy (non-hydrogen) atoms.